The fourth-order valence-electron chi connectivity index (χ4n) is 1.95. The molecule has 2 N–H and O–H groups in total. The van der Waals surface area contributed by atoms with E-state index in [4.69, 9.17) is 32.7 Å². The van der Waals surface area contributed by atoms with Gasteiger partial charge in [0.15, 0.2) is 0 Å². The van der Waals surface area contributed by atoms with Gasteiger partial charge in [-0.1, -0.05) is 23.2 Å². The smallest absolute Gasteiger partial charge is 0.329 e. The summed E-state index contributed by atoms with van der Waals surface area (Å²) in [6.45, 7) is 0. The quantitative estimate of drug-likeness (QED) is 0.462. The van der Waals surface area contributed by atoms with Gasteiger partial charge in [-0.15, -0.1) is 0 Å². The summed E-state index contributed by atoms with van der Waals surface area (Å²) in [6.07, 6.45) is 1.35. The highest BCUT2D eigenvalue weighted by molar-refractivity contribution is 6.40. The van der Waals surface area contributed by atoms with Gasteiger partial charge < -0.3 is 14.8 Å². The number of rotatable bonds is 5. The van der Waals surface area contributed by atoms with Crippen LogP contribution in [0, 0.1) is 0 Å². The van der Waals surface area contributed by atoms with Gasteiger partial charge in [-0.25, -0.2) is 5.43 Å². The lowest BCUT2D eigenvalue weighted by Crippen LogP contribution is -2.32. The molecule has 0 unspecified atom stereocenters. The van der Waals surface area contributed by atoms with E-state index < -0.39 is 11.8 Å². The second-order valence-corrected chi connectivity index (χ2v) is 5.79. The monoisotopic (exact) mass is 395 g/mol. The van der Waals surface area contributed by atoms with Crippen LogP contribution in [0.1, 0.15) is 5.56 Å². The number of carbonyl (C=O) groups is 2. The number of benzene rings is 2. The van der Waals surface area contributed by atoms with Crippen LogP contribution in [0.15, 0.2) is 41.5 Å². The highest BCUT2D eigenvalue weighted by Gasteiger charge is 2.13. The van der Waals surface area contributed by atoms with E-state index in [0.717, 1.165) is 0 Å². The number of methoxy groups -OCH3 is 2. The Morgan fingerprint density at radius 2 is 1.69 bits per heavy atom. The number of hydrazone groups is 1. The zero-order valence-corrected chi connectivity index (χ0v) is 15.4. The Morgan fingerprint density at radius 1 is 1.00 bits per heavy atom. The molecule has 26 heavy (non-hydrogen) atoms. The molecule has 2 amide bonds. The number of nitrogens with zero attached hydrogens (tertiary/aromatic N) is 1. The van der Waals surface area contributed by atoms with Gasteiger partial charge in [-0.3, -0.25) is 9.59 Å². The lowest BCUT2D eigenvalue weighted by atomic mass is 10.2. The average Bonchev–Trinajstić information content (AvgIpc) is 2.60. The van der Waals surface area contributed by atoms with Gasteiger partial charge in [0.1, 0.15) is 11.5 Å². The van der Waals surface area contributed by atoms with Gasteiger partial charge in [0.25, 0.3) is 0 Å². The Hall–Kier alpha value is -2.77. The normalized spacial score (nSPS) is 10.5. The molecule has 0 radical (unpaired) electrons. The van der Waals surface area contributed by atoms with Gasteiger partial charge in [0.05, 0.1) is 20.4 Å². The number of carbonyl (C=O) groups excluding carboxylic acids is 2. The summed E-state index contributed by atoms with van der Waals surface area (Å²) < 4.78 is 10.3. The minimum Gasteiger partial charge on any atom is -0.497 e. The van der Waals surface area contributed by atoms with E-state index in [9.17, 15) is 9.59 Å². The molecule has 0 bridgehead atoms. The molecule has 0 heterocycles. The van der Waals surface area contributed by atoms with Crippen LogP contribution in [0.3, 0.4) is 0 Å². The van der Waals surface area contributed by atoms with Gasteiger partial charge >= 0.3 is 11.8 Å². The molecular formula is C17H15Cl2N3O4. The number of ether oxygens (including phenoxy) is 2. The Labute approximate surface area is 159 Å². The third kappa shape index (κ3) is 5.37. The molecule has 2 aromatic carbocycles. The number of hydrogen-bond donors (Lipinski definition) is 2. The van der Waals surface area contributed by atoms with Crippen molar-refractivity contribution in [3.63, 3.8) is 0 Å². The number of nitrogens with one attached hydrogen (secondary N) is 2. The first-order valence-electron chi connectivity index (χ1n) is 7.25. The van der Waals surface area contributed by atoms with E-state index in [1.165, 1.54) is 38.6 Å². The van der Waals surface area contributed by atoms with Crippen molar-refractivity contribution in [2.45, 2.75) is 0 Å². The summed E-state index contributed by atoms with van der Waals surface area (Å²) in [5, 5.41) is 6.78. The Kier molecular flexibility index (Phi) is 6.82. The lowest BCUT2D eigenvalue weighted by molar-refractivity contribution is -0.136. The molecule has 0 saturated carbocycles. The molecule has 0 saturated heterocycles. The van der Waals surface area contributed by atoms with Crippen molar-refractivity contribution in [2.24, 2.45) is 5.10 Å². The lowest BCUT2D eigenvalue weighted by Gasteiger charge is -2.07. The Balaban J connectivity index is 1.99. The molecule has 0 aliphatic heterocycles. The molecule has 7 nitrogen and oxygen atoms in total. The van der Waals surface area contributed by atoms with Crippen molar-refractivity contribution in [3.05, 3.63) is 52.0 Å². The first-order valence-corrected chi connectivity index (χ1v) is 8.01. The van der Waals surface area contributed by atoms with Crippen LogP contribution in [0.5, 0.6) is 11.5 Å². The zero-order chi connectivity index (χ0) is 19.1. The summed E-state index contributed by atoms with van der Waals surface area (Å²) in [7, 11) is 3.03. The topological polar surface area (TPSA) is 89.0 Å². The number of anilines is 1. The number of halogens is 2. The van der Waals surface area contributed by atoms with E-state index in [-0.39, 0.29) is 0 Å². The van der Waals surface area contributed by atoms with Crippen LogP contribution in [0.4, 0.5) is 5.69 Å². The summed E-state index contributed by atoms with van der Waals surface area (Å²) in [5.74, 6) is -0.755. The fourth-order valence-corrected chi connectivity index (χ4v) is 2.48. The van der Waals surface area contributed by atoms with Crippen LogP contribution >= 0.6 is 23.2 Å². The molecule has 0 spiro atoms. The minimum atomic E-state index is -0.954. The molecule has 0 fully saturated rings. The third-order valence-corrected chi connectivity index (χ3v) is 3.57. The molecule has 136 valence electrons. The standard InChI is InChI=1S/C17H15Cl2N3O4/c1-25-14-4-3-10(15(8-14)26-2)9-20-22-17(24)16(23)21-13-6-11(18)5-12(19)7-13/h3-9H,1-2H3,(H,21,23)(H,22,24)/b20-9-. The van der Waals surface area contributed by atoms with Crippen LogP contribution < -0.4 is 20.2 Å². The SMILES string of the molecule is COc1ccc(/C=N\NC(=O)C(=O)Nc2cc(Cl)cc(Cl)c2)c(OC)c1. The predicted molar refractivity (Wildman–Crippen MR) is 100 cm³/mol. The fraction of sp³-hybridized carbons (Fsp3) is 0.118. The summed E-state index contributed by atoms with van der Waals surface area (Å²) in [6, 6.07) is 9.50. The van der Waals surface area contributed by atoms with Crippen LogP contribution in [0.2, 0.25) is 10.0 Å². The second-order valence-electron chi connectivity index (χ2n) is 4.92. The van der Waals surface area contributed by atoms with Crippen molar-refractivity contribution < 1.29 is 19.1 Å². The van der Waals surface area contributed by atoms with E-state index >= 15 is 0 Å². The molecule has 0 aromatic heterocycles. The predicted octanol–water partition coefficient (Wildman–Crippen LogP) is 3.10. The van der Waals surface area contributed by atoms with Gasteiger partial charge in [-0.2, -0.15) is 5.10 Å². The number of amides is 2. The highest BCUT2D eigenvalue weighted by Crippen LogP contribution is 2.23. The first-order chi connectivity index (χ1) is 12.4. The Morgan fingerprint density at radius 3 is 2.31 bits per heavy atom. The largest absolute Gasteiger partial charge is 0.497 e. The van der Waals surface area contributed by atoms with Crippen molar-refractivity contribution in [2.75, 3.05) is 19.5 Å². The molecular weight excluding hydrogens is 381 g/mol. The average molecular weight is 396 g/mol. The first kappa shape index (κ1) is 19.6. The van der Waals surface area contributed by atoms with Crippen molar-refractivity contribution in [3.8, 4) is 11.5 Å². The molecule has 0 atom stereocenters. The van der Waals surface area contributed by atoms with E-state index in [2.05, 4.69) is 15.8 Å². The molecule has 0 aliphatic rings. The molecule has 9 heteroatoms. The van der Waals surface area contributed by atoms with Crippen molar-refractivity contribution in [1.29, 1.82) is 0 Å². The maximum Gasteiger partial charge on any atom is 0.329 e. The van der Waals surface area contributed by atoms with Crippen LogP contribution in [-0.2, 0) is 9.59 Å². The Bertz CT molecular complexity index is 836. The van der Waals surface area contributed by atoms with Gasteiger partial charge in [0.2, 0.25) is 0 Å². The molecule has 2 aromatic rings. The van der Waals surface area contributed by atoms with E-state index in [1.54, 1.807) is 18.2 Å². The van der Waals surface area contributed by atoms with Gasteiger partial charge in [0, 0.05) is 27.4 Å². The van der Waals surface area contributed by atoms with E-state index in [1.807, 2.05) is 0 Å². The second kappa shape index (κ2) is 9.07. The summed E-state index contributed by atoms with van der Waals surface area (Å²) in [5.41, 5.74) is 3.01. The highest BCUT2D eigenvalue weighted by atomic mass is 35.5. The molecule has 0 aliphatic carbocycles. The molecule has 2 rings (SSSR count). The maximum atomic E-state index is 11.9. The maximum absolute atomic E-state index is 11.9. The van der Waals surface area contributed by atoms with Crippen LogP contribution in [0.25, 0.3) is 0 Å². The third-order valence-electron chi connectivity index (χ3n) is 3.14. The summed E-state index contributed by atoms with van der Waals surface area (Å²) >= 11 is 11.7. The van der Waals surface area contributed by atoms with E-state index in [0.29, 0.717) is 32.8 Å². The van der Waals surface area contributed by atoms with Gasteiger partial charge in [-0.05, 0) is 30.3 Å². The zero-order valence-electron chi connectivity index (χ0n) is 13.9. The van der Waals surface area contributed by atoms with Crippen molar-refractivity contribution >= 4 is 46.9 Å². The van der Waals surface area contributed by atoms with Crippen molar-refractivity contribution in [1.82, 2.24) is 5.43 Å². The number of hydrogen-bond acceptors (Lipinski definition) is 5. The van der Waals surface area contributed by atoms with Crippen LogP contribution in [-0.4, -0.2) is 32.2 Å². The minimum absolute atomic E-state index is 0.295. The summed E-state index contributed by atoms with van der Waals surface area (Å²) in [4.78, 5) is 23.7.